The van der Waals surface area contributed by atoms with Gasteiger partial charge in [-0.2, -0.15) is 0 Å². The van der Waals surface area contributed by atoms with Crippen molar-refractivity contribution in [1.82, 2.24) is 24.4 Å². The van der Waals surface area contributed by atoms with Crippen molar-refractivity contribution in [2.75, 3.05) is 33.6 Å². The summed E-state index contributed by atoms with van der Waals surface area (Å²) in [5, 5.41) is 8.70. The van der Waals surface area contributed by atoms with E-state index < -0.39 is 16.1 Å². The Balaban J connectivity index is 1.81. The minimum Gasteiger partial charge on any atom is -0.496 e. The van der Waals surface area contributed by atoms with Gasteiger partial charge in [0.2, 0.25) is 10.0 Å². The first-order valence-corrected chi connectivity index (χ1v) is 11.9. The van der Waals surface area contributed by atoms with Crippen LogP contribution in [0.1, 0.15) is 37.1 Å². The lowest BCUT2D eigenvalue weighted by Crippen LogP contribution is -2.33. The monoisotopic (exact) mass is 437 g/mol. The predicted octanol–water partition coefficient (Wildman–Crippen LogP) is 1.60. The van der Waals surface area contributed by atoms with Gasteiger partial charge in [0.15, 0.2) is 5.82 Å². The van der Waals surface area contributed by atoms with Gasteiger partial charge in [-0.25, -0.2) is 13.1 Å². The van der Waals surface area contributed by atoms with Crippen molar-refractivity contribution >= 4 is 10.0 Å². The molecule has 1 N–H and O–H groups in total. The summed E-state index contributed by atoms with van der Waals surface area (Å²) >= 11 is 0. The van der Waals surface area contributed by atoms with Crippen molar-refractivity contribution in [2.24, 2.45) is 5.92 Å². The third kappa shape index (κ3) is 5.11. The molecule has 0 aliphatic carbocycles. The number of rotatable bonds is 8. The molecule has 0 fully saturated rings. The summed E-state index contributed by atoms with van der Waals surface area (Å²) in [6, 6.07) is 5.37. The van der Waals surface area contributed by atoms with E-state index in [1.165, 1.54) is 6.26 Å². The molecule has 0 saturated heterocycles. The van der Waals surface area contributed by atoms with Gasteiger partial charge in [-0.15, -0.1) is 10.2 Å². The number of hydrogen-bond acceptors (Lipinski definition) is 7. The first-order valence-electron chi connectivity index (χ1n) is 10.0. The Morgan fingerprint density at radius 2 is 1.77 bits per heavy atom. The zero-order valence-corrected chi connectivity index (χ0v) is 19.1. The molecule has 0 unspecified atom stereocenters. The normalized spacial score (nSPS) is 16.2. The second kappa shape index (κ2) is 9.32. The molecule has 1 aromatic heterocycles. The highest BCUT2D eigenvalue weighted by Gasteiger charge is 2.28. The van der Waals surface area contributed by atoms with Crippen LogP contribution in [0.4, 0.5) is 0 Å². The zero-order chi connectivity index (χ0) is 21.9. The fourth-order valence-corrected chi connectivity index (χ4v) is 4.64. The van der Waals surface area contributed by atoms with Crippen LogP contribution in [-0.4, -0.2) is 61.6 Å². The lowest BCUT2D eigenvalue weighted by atomic mass is 10.1. The first kappa shape index (κ1) is 22.5. The summed E-state index contributed by atoms with van der Waals surface area (Å²) in [6.07, 6.45) is 1.90. The Morgan fingerprint density at radius 3 is 2.33 bits per heavy atom. The fourth-order valence-electron chi connectivity index (χ4n) is 3.80. The van der Waals surface area contributed by atoms with Crippen molar-refractivity contribution in [3.05, 3.63) is 35.4 Å². The third-order valence-corrected chi connectivity index (χ3v) is 6.03. The Labute approximate surface area is 178 Å². The maximum absolute atomic E-state index is 11.9. The number of benzene rings is 1. The molecule has 1 aliphatic heterocycles. The molecule has 1 atom stereocenters. The van der Waals surface area contributed by atoms with E-state index in [-0.39, 0.29) is 5.92 Å². The van der Waals surface area contributed by atoms with Crippen molar-refractivity contribution in [3.8, 4) is 11.5 Å². The Morgan fingerprint density at radius 1 is 1.10 bits per heavy atom. The van der Waals surface area contributed by atoms with Gasteiger partial charge in [0.05, 0.1) is 32.1 Å². The predicted molar refractivity (Wildman–Crippen MR) is 114 cm³/mol. The topological polar surface area (TPSA) is 98.6 Å². The molecule has 2 aromatic rings. The summed E-state index contributed by atoms with van der Waals surface area (Å²) in [7, 11) is -0.0426. The van der Waals surface area contributed by atoms with Gasteiger partial charge in [0, 0.05) is 32.6 Å². The van der Waals surface area contributed by atoms with Gasteiger partial charge in [0.1, 0.15) is 17.3 Å². The smallest absolute Gasteiger partial charge is 0.209 e. The number of nitrogens with one attached hydrogen (secondary N) is 1. The molecule has 10 heteroatoms. The molecule has 30 heavy (non-hydrogen) atoms. The van der Waals surface area contributed by atoms with E-state index in [2.05, 4.69) is 24.4 Å². The number of methoxy groups -OCH3 is 2. The van der Waals surface area contributed by atoms with Crippen LogP contribution in [0.3, 0.4) is 0 Å². The maximum Gasteiger partial charge on any atom is 0.209 e. The fraction of sp³-hybridized carbons (Fsp3) is 0.600. The Kier molecular flexibility index (Phi) is 6.99. The molecule has 2 heterocycles. The van der Waals surface area contributed by atoms with E-state index in [0.29, 0.717) is 18.9 Å². The average Bonchev–Trinajstić information content (AvgIpc) is 2.99. The number of sulfonamides is 1. The summed E-state index contributed by atoms with van der Waals surface area (Å²) in [5.41, 5.74) is 1.01. The second-order valence-corrected chi connectivity index (χ2v) is 9.69. The number of hydrogen-bond donors (Lipinski definition) is 1. The molecule has 0 spiro atoms. The van der Waals surface area contributed by atoms with E-state index in [1.807, 2.05) is 32.0 Å². The molecular weight excluding hydrogens is 406 g/mol. The largest absolute Gasteiger partial charge is 0.496 e. The van der Waals surface area contributed by atoms with Crippen LogP contribution in [0, 0.1) is 5.92 Å². The Bertz CT molecular complexity index is 951. The summed E-state index contributed by atoms with van der Waals surface area (Å²) in [4.78, 5) is 2.33. The van der Waals surface area contributed by atoms with Crippen LogP contribution in [0.5, 0.6) is 11.5 Å². The third-order valence-electron chi connectivity index (χ3n) is 5.34. The molecule has 0 saturated carbocycles. The van der Waals surface area contributed by atoms with E-state index in [1.54, 1.807) is 14.2 Å². The van der Waals surface area contributed by atoms with E-state index in [4.69, 9.17) is 9.47 Å². The van der Waals surface area contributed by atoms with E-state index in [0.717, 1.165) is 42.4 Å². The van der Waals surface area contributed by atoms with Gasteiger partial charge >= 0.3 is 0 Å². The highest BCUT2D eigenvalue weighted by Crippen LogP contribution is 2.30. The first-order chi connectivity index (χ1) is 14.2. The number of fused-ring (bicyclic) bond motifs is 1. The number of ether oxygens (including phenoxy) is 2. The lowest BCUT2D eigenvalue weighted by Gasteiger charge is -2.23. The minimum absolute atomic E-state index is 0.0465. The van der Waals surface area contributed by atoms with Crippen LogP contribution >= 0.6 is 0 Å². The molecule has 9 nitrogen and oxygen atoms in total. The molecule has 3 rings (SSSR count). The molecule has 1 aromatic carbocycles. The molecule has 166 valence electrons. The highest BCUT2D eigenvalue weighted by molar-refractivity contribution is 7.88. The summed E-state index contributed by atoms with van der Waals surface area (Å²) < 4.78 is 39.5. The SMILES string of the molecule is COc1cccc(OC)c1CN1CCc2nnc([C@@H](NS(C)(=O)=O)C(C)C)n2CC1. The van der Waals surface area contributed by atoms with Crippen LogP contribution in [-0.2, 0) is 29.5 Å². The second-order valence-electron chi connectivity index (χ2n) is 7.91. The van der Waals surface area contributed by atoms with Crippen LogP contribution in [0.25, 0.3) is 0 Å². The van der Waals surface area contributed by atoms with Gasteiger partial charge in [0.25, 0.3) is 0 Å². The van der Waals surface area contributed by atoms with Gasteiger partial charge in [-0.3, -0.25) is 4.90 Å². The lowest BCUT2D eigenvalue weighted by molar-refractivity contribution is 0.259. The molecular formula is C20H31N5O4S. The molecule has 0 bridgehead atoms. The van der Waals surface area contributed by atoms with Crippen molar-refractivity contribution in [3.63, 3.8) is 0 Å². The molecule has 0 amide bonds. The standard InChI is InChI=1S/C20H31N5O4S/c1-14(2)19(23-30(5,26)27)20-22-21-18-9-10-24(11-12-25(18)20)13-15-16(28-3)7-6-8-17(15)29-4/h6-8,14,19,23H,9-13H2,1-5H3/t19-/m0/s1. The Hall–Kier alpha value is -2.17. The minimum atomic E-state index is -3.37. The molecule has 1 aliphatic rings. The zero-order valence-electron chi connectivity index (χ0n) is 18.3. The van der Waals surface area contributed by atoms with Crippen LogP contribution < -0.4 is 14.2 Å². The van der Waals surface area contributed by atoms with Crippen molar-refractivity contribution in [2.45, 2.75) is 39.4 Å². The maximum atomic E-state index is 11.9. The number of aromatic nitrogens is 3. The summed E-state index contributed by atoms with van der Waals surface area (Å²) in [5.74, 6) is 3.19. The van der Waals surface area contributed by atoms with Crippen molar-refractivity contribution < 1.29 is 17.9 Å². The average molecular weight is 438 g/mol. The van der Waals surface area contributed by atoms with E-state index >= 15 is 0 Å². The van der Waals surface area contributed by atoms with Crippen molar-refractivity contribution in [1.29, 1.82) is 0 Å². The highest BCUT2D eigenvalue weighted by atomic mass is 32.2. The van der Waals surface area contributed by atoms with Gasteiger partial charge in [-0.05, 0) is 18.1 Å². The van der Waals surface area contributed by atoms with Gasteiger partial charge < -0.3 is 14.0 Å². The number of nitrogens with zero attached hydrogens (tertiary/aromatic N) is 4. The quantitative estimate of drug-likeness (QED) is 0.670. The summed E-state index contributed by atoms with van der Waals surface area (Å²) in [6.45, 7) is 6.91. The van der Waals surface area contributed by atoms with Crippen LogP contribution in [0.15, 0.2) is 18.2 Å². The van der Waals surface area contributed by atoms with E-state index in [9.17, 15) is 8.42 Å². The molecule has 0 radical (unpaired) electrons. The van der Waals surface area contributed by atoms with Gasteiger partial charge in [-0.1, -0.05) is 19.9 Å². The van der Waals surface area contributed by atoms with Crippen LogP contribution in [0.2, 0.25) is 0 Å².